The second-order valence-corrected chi connectivity index (χ2v) is 4.82. The third kappa shape index (κ3) is 3.86. The number of nitrogens with one attached hydrogen (secondary N) is 1. The van der Waals surface area contributed by atoms with E-state index in [2.05, 4.69) is 20.2 Å². The van der Waals surface area contributed by atoms with Crippen LogP contribution >= 0.6 is 11.3 Å². The number of ether oxygens (including phenoxy) is 1. The number of hydrazone groups is 1. The number of rotatable bonds is 4. The van der Waals surface area contributed by atoms with E-state index in [0.29, 0.717) is 5.56 Å². The molecule has 0 fully saturated rings. The van der Waals surface area contributed by atoms with Gasteiger partial charge < -0.3 is 9.84 Å². The van der Waals surface area contributed by atoms with Crippen molar-refractivity contribution in [2.75, 3.05) is 12.5 Å². The number of methoxy groups -OCH3 is 1. The lowest BCUT2D eigenvalue weighted by Crippen LogP contribution is -2.10. The minimum Gasteiger partial charge on any atom is -0.507 e. The van der Waals surface area contributed by atoms with Crippen LogP contribution in [0, 0.1) is 0 Å². The molecule has 0 radical (unpaired) electrons. The van der Waals surface area contributed by atoms with Gasteiger partial charge in [0.25, 0.3) is 5.56 Å². The van der Waals surface area contributed by atoms with Gasteiger partial charge in [-0.2, -0.15) is 10.1 Å². The number of carbonyl (C=O) groups is 1. The summed E-state index contributed by atoms with van der Waals surface area (Å²) < 4.78 is 4.54. The van der Waals surface area contributed by atoms with Crippen molar-refractivity contribution in [1.29, 1.82) is 0 Å². The standard InChI is InChI=1S/C13H11N3O4S/c1-20-12(19)10-6-11(18)15-13(21-10)16-14-7-8-4-2-3-5-9(8)17/h2-7,17H,1H3,(H,15,16,18)/b14-7+. The van der Waals surface area contributed by atoms with Gasteiger partial charge in [0, 0.05) is 11.6 Å². The van der Waals surface area contributed by atoms with Crippen LogP contribution in [0.5, 0.6) is 5.75 Å². The normalized spacial score (nSPS) is 10.5. The number of para-hydroxylation sites is 1. The van der Waals surface area contributed by atoms with Crippen molar-refractivity contribution in [2.45, 2.75) is 0 Å². The van der Waals surface area contributed by atoms with Crippen molar-refractivity contribution < 1.29 is 14.6 Å². The van der Waals surface area contributed by atoms with Crippen LogP contribution in [0.3, 0.4) is 0 Å². The molecule has 0 unspecified atom stereocenters. The van der Waals surface area contributed by atoms with Crippen LogP contribution in [-0.4, -0.2) is 29.4 Å². The van der Waals surface area contributed by atoms with Crippen LogP contribution in [-0.2, 0) is 4.74 Å². The fraction of sp³-hybridized carbons (Fsp3) is 0.0769. The smallest absolute Gasteiger partial charge is 0.348 e. The fourth-order valence-electron chi connectivity index (χ4n) is 1.40. The van der Waals surface area contributed by atoms with E-state index in [1.54, 1.807) is 18.2 Å². The Hall–Kier alpha value is -2.74. The van der Waals surface area contributed by atoms with E-state index in [0.717, 1.165) is 17.4 Å². The highest BCUT2D eigenvalue weighted by Crippen LogP contribution is 2.16. The first-order valence-corrected chi connectivity index (χ1v) is 6.59. The second-order valence-electron chi connectivity index (χ2n) is 3.79. The number of esters is 1. The minimum atomic E-state index is -0.618. The predicted molar refractivity (Wildman–Crippen MR) is 79.0 cm³/mol. The summed E-state index contributed by atoms with van der Waals surface area (Å²) in [5, 5.41) is 13.6. The molecule has 0 saturated heterocycles. The molecule has 2 aromatic rings. The monoisotopic (exact) mass is 305 g/mol. The molecule has 8 heteroatoms. The number of benzene rings is 1. The summed E-state index contributed by atoms with van der Waals surface area (Å²) in [5.74, 6) is -0.542. The molecule has 0 atom stereocenters. The zero-order chi connectivity index (χ0) is 15.2. The van der Waals surface area contributed by atoms with E-state index < -0.39 is 11.5 Å². The fourth-order valence-corrected chi connectivity index (χ4v) is 2.17. The molecule has 0 bridgehead atoms. The third-order valence-corrected chi connectivity index (χ3v) is 3.24. The molecule has 0 saturated carbocycles. The van der Waals surface area contributed by atoms with Crippen LogP contribution in [0.4, 0.5) is 5.13 Å². The molecule has 0 amide bonds. The van der Waals surface area contributed by atoms with Gasteiger partial charge in [-0.3, -0.25) is 10.2 Å². The zero-order valence-electron chi connectivity index (χ0n) is 10.9. The van der Waals surface area contributed by atoms with E-state index in [-0.39, 0.29) is 15.8 Å². The molecule has 2 rings (SSSR count). The molecule has 0 spiro atoms. The lowest BCUT2D eigenvalue weighted by molar-refractivity contribution is 0.0606. The molecule has 108 valence electrons. The molecule has 0 aliphatic heterocycles. The van der Waals surface area contributed by atoms with Crippen molar-refractivity contribution in [3.05, 3.63) is 51.1 Å². The van der Waals surface area contributed by atoms with Gasteiger partial charge in [-0.1, -0.05) is 23.5 Å². The van der Waals surface area contributed by atoms with Crippen molar-refractivity contribution in [2.24, 2.45) is 5.10 Å². The average Bonchev–Trinajstić information content (AvgIpc) is 2.48. The van der Waals surface area contributed by atoms with E-state index in [1.807, 2.05) is 0 Å². The SMILES string of the molecule is COC(=O)c1cc(=O)nc(N/N=C/c2ccccc2O)s1. The highest BCUT2D eigenvalue weighted by atomic mass is 32.1. The maximum absolute atomic E-state index is 11.4. The van der Waals surface area contributed by atoms with Gasteiger partial charge in [0.05, 0.1) is 13.3 Å². The van der Waals surface area contributed by atoms with Crippen LogP contribution in [0.15, 0.2) is 40.2 Å². The highest BCUT2D eigenvalue weighted by molar-refractivity contribution is 7.17. The van der Waals surface area contributed by atoms with Gasteiger partial charge in [-0.25, -0.2) is 4.79 Å². The van der Waals surface area contributed by atoms with Gasteiger partial charge in [-0.05, 0) is 12.1 Å². The first-order valence-electron chi connectivity index (χ1n) is 5.77. The van der Waals surface area contributed by atoms with Gasteiger partial charge in [0.15, 0.2) is 0 Å². The highest BCUT2D eigenvalue weighted by Gasteiger charge is 2.09. The molecule has 7 nitrogen and oxygen atoms in total. The lowest BCUT2D eigenvalue weighted by atomic mass is 10.2. The van der Waals surface area contributed by atoms with Crippen molar-refractivity contribution in [3.8, 4) is 5.75 Å². The first-order chi connectivity index (χ1) is 10.1. The maximum Gasteiger partial charge on any atom is 0.348 e. The quantitative estimate of drug-likeness (QED) is 0.503. The van der Waals surface area contributed by atoms with Crippen LogP contribution < -0.4 is 11.0 Å². The number of phenols is 1. The maximum atomic E-state index is 11.4. The zero-order valence-corrected chi connectivity index (χ0v) is 11.8. The Morgan fingerprint density at radius 3 is 2.95 bits per heavy atom. The summed E-state index contributed by atoms with van der Waals surface area (Å²) in [6.45, 7) is 0. The Balaban J connectivity index is 2.17. The van der Waals surface area contributed by atoms with E-state index in [1.165, 1.54) is 19.4 Å². The molecule has 0 aliphatic rings. The van der Waals surface area contributed by atoms with E-state index >= 15 is 0 Å². The number of hydrogen-bond donors (Lipinski definition) is 2. The van der Waals surface area contributed by atoms with Crippen molar-refractivity contribution >= 4 is 28.7 Å². The lowest BCUT2D eigenvalue weighted by Gasteiger charge is -2.01. The van der Waals surface area contributed by atoms with Crippen molar-refractivity contribution in [1.82, 2.24) is 4.98 Å². The number of phenolic OH excluding ortho intramolecular Hbond substituents is 1. The number of aromatic hydroxyl groups is 1. The Kier molecular flexibility index (Phi) is 4.62. The second kappa shape index (κ2) is 6.62. The van der Waals surface area contributed by atoms with E-state index in [9.17, 15) is 14.7 Å². The van der Waals surface area contributed by atoms with Gasteiger partial charge in [0.2, 0.25) is 5.13 Å². The minimum absolute atomic E-state index is 0.0764. The van der Waals surface area contributed by atoms with Crippen molar-refractivity contribution in [3.63, 3.8) is 0 Å². The third-order valence-electron chi connectivity index (χ3n) is 2.36. The van der Waals surface area contributed by atoms with Gasteiger partial charge in [-0.15, -0.1) is 0 Å². The Morgan fingerprint density at radius 1 is 1.48 bits per heavy atom. The molecular weight excluding hydrogens is 294 g/mol. The number of nitrogens with zero attached hydrogens (tertiary/aromatic N) is 2. The first kappa shape index (κ1) is 14.7. The molecular formula is C13H11N3O4S. The Labute approximate surface area is 123 Å². The molecule has 1 heterocycles. The van der Waals surface area contributed by atoms with E-state index in [4.69, 9.17) is 0 Å². The Bertz CT molecular complexity index is 742. The molecule has 0 aliphatic carbocycles. The van der Waals surface area contributed by atoms with Crippen LogP contribution in [0.1, 0.15) is 15.2 Å². The molecule has 21 heavy (non-hydrogen) atoms. The number of anilines is 1. The average molecular weight is 305 g/mol. The Morgan fingerprint density at radius 2 is 2.24 bits per heavy atom. The van der Waals surface area contributed by atoms with Gasteiger partial charge in [0.1, 0.15) is 10.6 Å². The number of hydrogen-bond acceptors (Lipinski definition) is 8. The van der Waals surface area contributed by atoms with Crippen LogP contribution in [0.2, 0.25) is 0 Å². The summed E-state index contributed by atoms with van der Waals surface area (Å²) in [4.78, 5) is 26.5. The topological polar surface area (TPSA) is 101 Å². The molecule has 1 aromatic heterocycles. The summed E-state index contributed by atoms with van der Waals surface area (Å²) >= 11 is 0.936. The summed E-state index contributed by atoms with van der Waals surface area (Å²) in [7, 11) is 1.23. The summed E-state index contributed by atoms with van der Waals surface area (Å²) in [5.41, 5.74) is 2.47. The van der Waals surface area contributed by atoms with Gasteiger partial charge >= 0.3 is 5.97 Å². The summed E-state index contributed by atoms with van der Waals surface area (Å²) in [6, 6.07) is 7.72. The molecule has 2 N–H and O–H groups in total. The predicted octanol–water partition coefficient (Wildman–Crippen LogP) is 1.44. The van der Waals surface area contributed by atoms with Crippen LogP contribution in [0.25, 0.3) is 0 Å². The summed E-state index contributed by atoms with van der Waals surface area (Å²) in [6.07, 6.45) is 1.37. The largest absolute Gasteiger partial charge is 0.507 e. The number of carbonyl (C=O) groups excluding carboxylic acids is 1. The molecule has 1 aromatic carbocycles. The number of aromatic nitrogens is 1.